The average Bonchev–Trinajstić information content (AvgIpc) is 3.68. The predicted molar refractivity (Wildman–Crippen MR) is 271 cm³/mol. The largest absolute Gasteiger partial charge is 0.506 e. The minimum Gasteiger partial charge on any atom is -0.506 e. The molecule has 0 amide bonds. The predicted octanol–water partition coefficient (Wildman–Crippen LogP) is 15.2. The molecule has 3 heterocycles. The normalized spacial score (nSPS) is 15.1. The van der Waals surface area contributed by atoms with Crippen LogP contribution in [0.4, 0.5) is 11.4 Å². The van der Waals surface area contributed by atoms with Crippen molar-refractivity contribution in [3.63, 3.8) is 0 Å². The molecule has 1 aliphatic carbocycles. The van der Waals surface area contributed by atoms with Crippen LogP contribution in [0.5, 0.6) is 5.75 Å². The van der Waals surface area contributed by atoms with Crippen molar-refractivity contribution in [1.29, 1.82) is 5.26 Å². The fourth-order valence-electron chi connectivity index (χ4n) is 9.36. The average molecular weight is 1050 g/mol. The molecule has 10 rings (SSSR count). The molecule has 2 unspecified atom stereocenters. The molecule has 8 aromatic rings. The molecule has 0 saturated heterocycles. The van der Waals surface area contributed by atoms with Crippen LogP contribution in [0.25, 0.3) is 67.2 Å². The molecule has 0 radical (unpaired) electrons. The van der Waals surface area contributed by atoms with E-state index in [1.807, 2.05) is 66.9 Å². The monoisotopic (exact) mass is 1050 g/mol. The van der Waals surface area contributed by atoms with Gasteiger partial charge < -0.3 is 10.0 Å². The topological polar surface area (TPSA) is 73.0 Å². The Bertz CT molecular complexity index is 3230. The molecule has 0 bridgehead atoms. The first-order chi connectivity index (χ1) is 31.8. The van der Waals surface area contributed by atoms with Gasteiger partial charge in [-0.25, -0.2) is 0 Å². The molecule has 0 spiro atoms. The van der Waals surface area contributed by atoms with Gasteiger partial charge in [0.15, 0.2) is 0 Å². The zero-order valence-electron chi connectivity index (χ0n) is 38.5. The second-order valence-corrected chi connectivity index (χ2v) is 19.5. The van der Waals surface area contributed by atoms with Crippen LogP contribution in [0.2, 0.25) is 0 Å². The molecule has 332 valence electrons. The van der Waals surface area contributed by atoms with Gasteiger partial charge >= 0.3 is 0 Å². The zero-order valence-corrected chi connectivity index (χ0v) is 40.8. The van der Waals surface area contributed by atoms with E-state index in [2.05, 4.69) is 168 Å². The Hall–Kier alpha value is -7.12. The van der Waals surface area contributed by atoms with Crippen LogP contribution < -0.4 is 4.90 Å². The van der Waals surface area contributed by atoms with Crippen LogP contribution in [-0.4, -0.2) is 21.1 Å². The third-order valence-corrected chi connectivity index (χ3v) is 13.0. The van der Waals surface area contributed by atoms with E-state index in [0.717, 1.165) is 55.9 Å². The van der Waals surface area contributed by atoms with Crippen LogP contribution in [0.1, 0.15) is 69.7 Å². The van der Waals surface area contributed by atoms with Crippen LogP contribution in [0, 0.1) is 17.4 Å². The second-order valence-electron chi connectivity index (χ2n) is 19.5. The van der Waals surface area contributed by atoms with Crippen molar-refractivity contribution in [3.8, 4) is 79.0 Å². The number of hydrogen-bond donors (Lipinski definition) is 1. The van der Waals surface area contributed by atoms with Gasteiger partial charge in [-0.3, -0.25) is 9.97 Å². The number of phenolic OH excluding ortho intramolecular Hbond substituents is 1. The van der Waals surface area contributed by atoms with Gasteiger partial charge in [-0.05, 0) is 91.7 Å². The number of allylic oxidation sites excluding steroid dienone is 2. The molecule has 1 aliphatic heterocycles. The van der Waals surface area contributed by atoms with Gasteiger partial charge in [0.25, 0.3) is 0 Å². The number of nitriles is 1. The van der Waals surface area contributed by atoms with E-state index in [-0.39, 0.29) is 55.2 Å². The van der Waals surface area contributed by atoms with E-state index in [0.29, 0.717) is 17.0 Å². The van der Waals surface area contributed by atoms with Gasteiger partial charge in [0.05, 0.1) is 23.0 Å². The zero-order chi connectivity index (χ0) is 45.7. The van der Waals surface area contributed by atoms with E-state index in [1.165, 1.54) is 22.4 Å². The number of para-hydroxylation sites is 2. The molecule has 6 heteroatoms. The quantitative estimate of drug-likeness (QED) is 0.161. The Balaban J connectivity index is 0.00000562. The van der Waals surface area contributed by atoms with Crippen molar-refractivity contribution in [2.24, 2.45) is 0 Å². The van der Waals surface area contributed by atoms with E-state index in [4.69, 9.17) is 9.97 Å². The van der Waals surface area contributed by atoms with Crippen LogP contribution in [-0.2, 0) is 31.9 Å². The van der Waals surface area contributed by atoms with E-state index in [9.17, 15) is 10.4 Å². The number of phenols is 1. The smallest absolute Gasteiger partial charge is 0.142 e. The van der Waals surface area contributed by atoms with E-state index < -0.39 is 0 Å². The summed E-state index contributed by atoms with van der Waals surface area (Å²) in [6, 6.07) is 58.4. The SMILES string of the molecule is CC(C)(C)c1cc(-c2cc(-c3[c-]c(-c4cc(-c5cccc6c5N(c5ccccc5)C5C=CC=CC65)ccn4)ccc3)nc(-c3cc(-c4ccccc4)cc(C#N)c3O)c2)cc(C(C)(C)C)c1.[Pt]. The van der Waals surface area contributed by atoms with Gasteiger partial charge in [-0.15, -0.1) is 24.3 Å². The molecule has 2 atom stereocenters. The number of aromatic nitrogens is 2. The molecule has 0 fully saturated rings. The van der Waals surface area contributed by atoms with Crippen molar-refractivity contribution in [3.05, 3.63) is 210 Å². The second kappa shape index (κ2) is 17.9. The maximum Gasteiger partial charge on any atom is 0.142 e. The molecule has 5 nitrogen and oxygen atoms in total. The minimum atomic E-state index is -0.103. The molecule has 2 aliphatic rings. The Kier molecular flexibility index (Phi) is 12.1. The van der Waals surface area contributed by atoms with Crippen molar-refractivity contribution < 1.29 is 26.2 Å². The van der Waals surface area contributed by atoms with E-state index >= 15 is 0 Å². The Morgan fingerprint density at radius 1 is 0.582 bits per heavy atom. The Morgan fingerprint density at radius 2 is 1.19 bits per heavy atom. The minimum absolute atomic E-state index is 0. The number of anilines is 2. The van der Waals surface area contributed by atoms with Crippen LogP contribution in [0.3, 0.4) is 0 Å². The van der Waals surface area contributed by atoms with Crippen LogP contribution >= 0.6 is 0 Å². The third-order valence-electron chi connectivity index (χ3n) is 13.0. The fourth-order valence-corrected chi connectivity index (χ4v) is 9.36. The fraction of sp³-hybridized carbons (Fsp3) is 0.164. The summed E-state index contributed by atoms with van der Waals surface area (Å²) < 4.78 is 0. The van der Waals surface area contributed by atoms with Gasteiger partial charge in [-0.1, -0.05) is 174 Å². The first-order valence-corrected chi connectivity index (χ1v) is 22.7. The summed E-state index contributed by atoms with van der Waals surface area (Å²) in [4.78, 5) is 12.7. The maximum absolute atomic E-state index is 11.8. The third kappa shape index (κ3) is 8.71. The molecule has 1 N–H and O–H groups in total. The number of hydrogen-bond acceptors (Lipinski definition) is 5. The van der Waals surface area contributed by atoms with Gasteiger partial charge in [0, 0.05) is 61.4 Å². The number of pyridine rings is 2. The van der Waals surface area contributed by atoms with Crippen molar-refractivity contribution >= 4 is 11.4 Å². The van der Waals surface area contributed by atoms with Crippen LogP contribution in [0.15, 0.2) is 182 Å². The number of benzene rings is 6. The number of nitrogens with zero attached hydrogens (tertiary/aromatic N) is 4. The molecular weight excluding hydrogens is 1000 g/mol. The first-order valence-electron chi connectivity index (χ1n) is 22.7. The Morgan fingerprint density at radius 3 is 1.90 bits per heavy atom. The van der Waals surface area contributed by atoms with Gasteiger partial charge in [0.1, 0.15) is 11.8 Å². The summed E-state index contributed by atoms with van der Waals surface area (Å²) in [6.45, 7) is 13.5. The summed E-state index contributed by atoms with van der Waals surface area (Å²) in [7, 11) is 0. The van der Waals surface area contributed by atoms with Gasteiger partial charge in [0.2, 0.25) is 0 Å². The number of aromatic hydroxyl groups is 1. The summed E-state index contributed by atoms with van der Waals surface area (Å²) in [5.41, 5.74) is 16.2. The maximum atomic E-state index is 11.8. The molecule has 67 heavy (non-hydrogen) atoms. The Labute approximate surface area is 409 Å². The van der Waals surface area contributed by atoms with Crippen molar-refractivity contribution in [2.75, 3.05) is 4.90 Å². The summed E-state index contributed by atoms with van der Waals surface area (Å²) >= 11 is 0. The first kappa shape index (κ1) is 45.1. The van der Waals surface area contributed by atoms with Crippen molar-refractivity contribution in [2.45, 2.75) is 64.3 Å². The van der Waals surface area contributed by atoms with Gasteiger partial charge in [-0.2, -0.15) is 5.26 Å². The molecule has 2 aromatic heterocycles. The summed E-state index contributed by atoms with van der Waals surface area (Å²) in [5, 5.41) is 22.0. The summed E-state index contributed by atoms with van der Waals surface area (Å²) in [6.07, 6.45) is 10.8. The van der Waals surface area contributed by atoms with Crippen molar-refractivity contribution in [1.82, 2.24) is 9.97 Å². The number of rotatable bonds is 7. The standard InChI is InChI=1S/C61H51N4O.Pt/c1-60(2,3)47-31-44(32-48(37-47)61(4,5)6)45-35-55(64-56(36-45)53-33-43(30-46(38-62)59(53)66)39-17-9-7-10-18-39)42-20-15-19-41(29-42)54-34-40(27-28-63-54)50-24-16-25-52-51-23-13-14-26-57(51)65(58(50)52)49-21-11-8-12-22-49;/h7-28,30-37,51,57,66H,1-6H3;/q-1;. The molecular formula is C61H51N4OPt-. The molecule has 6 aromatic carbocycles. The number of fused-ring (bicyclic) bond motifs is 3. The summed E-state index contributed by atoms with van der Waals surface area (Å²) in [5.74, 6) is 0.143. The van der Waals surface area contributed by atoms with E-state index in [1.54, 1.807) is 6.07 Å². The molecule has 0 saturated carbocycles.